The molecule has 4 N–H and O–H groups in total. The Balaban J connectivity index is 1.94. The van der Waals surface area contributed by atoms with Crippen LogP contribution in [0.1, 0.15) is 54.6 Å². The first-order chi connectivity index (χ1) is 19.7. The van der Waals surface area contributed by atoms with Gasteiger partial charge in [-0.3, -0.25) is 4.79 Å². The molecule has 3 aromatic rings. The van der Waals surface area contributed by atoms with Gasteiger partial charge in [0.05, 0.1) is 34.8 Å². The number of benzene rings is 3. The predicted molar refractivity (Wildman–Crippen MR) is 159 cm³/mol. The fraction of sp³-hybridized carbons (Fsp3) is 0.323. The zero-order valence-electron chi connectivity index (χ0n) is 23.4. The molecule has 0 spiro atoms. The summed E-state index contributed by atoms with van der Waals surface area (Å²) >= 11 is 12.3. The predicted octanol–water partition coefficient (Wildman–Crippen LogP) is 7.06. The van der Waals surface area contributed by atoms with Crippen LogP contribution in [0.25, 0.3) is 0 Å². The van der Waals surface area contributed by atoms with Gasteiger partial charge in [-0.15, -0.1) is 0 Å². The van der Waals surface area contributed by atoms with Crippen LogP contribution in [-0.2, 0) is 10.2 Å². The standard InChI is InChI=1S/C31H31Cl2F2N3O4/c1-30(2,3)14-24-31(15-36,19-10-9-17(32)13-21(19)34)25(18-6-5-7-20(33)26(18)35)27(38-24)28(39)37-22-11-8-16(29(40)41)12-23(22)42-4/h5-13,15,24-25,27,36,38H,14H2,1-4H3,(H,37,39)(H,40,41)/t24-,25-,27+,31-/m0/s1. The lowest BCUT2D eigenvalue weighted by molar-refractivity contribution is -0.118. The monoisotopic (exact) mass is 617 g/mol. The minimum absolute atomic E-state index is 0.0256. The third-order valence-electron chi connectivity index (χ3n) is 7.56. The molecule has 222 valence electrons. The van der Waals surface area contributed by atoms with E-state index in [1.807, 2.05) is 20.8 Å². The van der Waals surface area contributed by atoms with E-state index >= 15 is 8.78 Å². The highest BCUT2D eigenvalue weighted by Crippen LogP contribution is 2.52. The van der Waals surface area contributed by atoms with E-state index in [9.17, 15) is 14.7 Å². The van der Waals surface area contributed by atoms with Gasteiger partial charge in [-0.1, -0.05) is 62.2 Å². The second-order valence-electron chi connectivity index (χ2n) is 11.5. The van der Waals surface area contributed by atoms with E-state index in [1.165, 1.54) is 55.6 Å². The summed E-state index contributed by atoms with van der Waals surface area (Å²) in [6.07, 6.45) is 1.45. The summed E-state index contributed by atoms with van der Waals surface area (Å²) in [7, 11) is 1.33. The SMILES string of the molecule is COc1cc(C(=O)O)ccc1NC(=O)[C@@H]1N[C@@H](CC(C)(C)C)[C@](C=N)(c2ccc(Cl)cc2F)[C@H]1c1cccc(Cl)c1F. The number of halogens is 4. The number of carboxylic acid groups (broad SMARTS) is 1. The number of anilines is 1. The molecule has 1 fully saturated rings. The Labute approximate surface area is 252 Å². The van der Waals surface area contributed by atoms with Gasteiger partial charge >= 0.3 is 5.97 Å². The summed E-state index contributed by atoms with van der Waals surface area (Å²) in [5, 5.41) is 24.1. The minimum Gasteiger partial charge on any atom is -0.495 e. The number of carboxylic acids is 1. The zero-order valence-corrected chi connectivity index (χ0v) is 24.9. The van der Waals surface area contributed by atoms with Crippen LogP contribution in [0.3, 0.4) is 0 Å². The van der Waals surface area contributed by atoms with Gasteiger partial charge in [0.1, 0.15) is 17.4 Å². The van der Waals surface area contributed by atoms with Crippen LogP contribution >= 0.6 is 23.2 Å². The summed E-state index contributed by atoms with van der Waals surface area (Å²) in [5.41, 5.74) is -1.67. The van der Waals surface area contributed by atoms with Gasteiger partial charge < -0.3 is 25.9 Å². The maximum Gasteiger partial charge on any atom is 0.335 e. The van der Waals surface area contributed by atoms with Gasteiger partial charge in [-0.05, 0) is 53.8 Å². The smallest absolute Gasteiger partial charge is 0.335 e. The van der Waals surface area contributed by atoms with E-state index in [0.29, 0.717) is 6.42 Å². The molecule has 1 heterocycles. The first-order valence-electron chi connectivity index (χ1n) is 13.1. The van der Waals surface area contributed by atoms with Crippen molar-refractivity contribution in [2.24, 2.45) is 5.41 Å². The molecule has 7 nitrogen and oxygen atoms in total. The number of aromatic carboxylic acids is 1. The van der Waals surface area contributed by atoms with Crippen LogP contribution in [0.2, 0.25) is 10.0 Å². The fourth-order valence-electron chi connectivity index (χ4n) is 5.81. The number of carbonyl (C=O) groups excluding carboxylic acids is 1. The first kappa shape index (κ1) is 31.4. The van der Waals surface area contributed by atoms with E-state index in [1.54, 1.807) is 0 Å². The average molecular weight is 619 g/mol. The maximum atomic E-state index is 15.8. The summed E-state index contributed by atoms with van der Waals surface area (Å²) in [5.74, 6) is -4.33. The second-order valence-corrected chi connectivity index (χ2v) is 12.3. The molecule has 0 radical (unpaired) electrons. The van der Waals surface area contributed by atoms with E-state index in [-0.39, 0.29) is 43.6 Å². The highest BCUT2D eigenvalue weighted by Gasteiger charge is 2.59. The fourth-order valence-corrected chi connectivity index (χ4v) is 6.15. The highest BCUT2D eigenvalue weighted by molar-refractivity contribution is 6.31. The zero-order chi connectivity index (χ0) is 31.0. The van der Waals surface area contributed by atoms with Crippen LogP contribution < -0.4 is 15.4 Å². The molecule has 11 heteroatoms. The van der Waals surface area contributed by atoms with Gasteiger partial charge in [0.15, 0.2) is 0 Å². The lowest BCUT2D eigenvalue weighted by Crippen LogP contribution is -2.46. The molecule has 0 aromatic heterocycles. The van der Waals surface area contributed by atoms with E-state index in [2.05, 4.69) is 10.6 Å². The minimum atomic E-state index is -1.55. The number of rotatable bonds is 8. The number of ether oxygens (including phenoxy) is 1. The number of carbonyl (C=O) groups is 2. The lowest BCUT2D eigenvalue weighted by atomic mass is 9.62. The number of hydrogen-bond acceptors (Lipinski definition) is 5. The number of methoxy groups -OCH3 is 1. The molecular formula is C31H31Cl2F2N3O4. The quantitative estimate of drug-likeness (QED) is 0.202. The Kier molecular flexibility index (Phi) is 8.97. The van der Waals surface area contributed by atoms with E-state index in [0.717, 1.165) is 12.3 Å². The molecule has 0 bridgehead atoms. The Hall–Kier alpha value is -3.53. The molecule has 3 aromatic carbocycles. The Bertz CT molecular complexity index is 1550. The molecule has 1 saturated heterocycles. The van der Waals surface area contributed by atoms with Gasteiger partial charge in [-0.25, -0.2) is 13.6 Å². The van der Waals surface area contributed by atoms with Gasteiger partial charge in [0.2, 0.25) is 5.91 Å². The Morgan fingerprint density at radius 1 is 1.14 bits per heavy atom. The lowest BCUT2D eigenvalue weighted by Gasteiger charge is -2.40. The topological polar surface area (TPSA) is 112 Å². The molecule has 1 amide bonds. The van der Waals surface area contributed by atoms with Crippen molar-refractivity contribution in [3.8, 4) is 5.75 Å². The van der Waals surface area contributed by atoms with E-state index in [4.69, 9.17) is 33.3 Å². The van der Waals surface area contributed by atoms with Crippen molar-refractivity contribution in [1.29, 1.82) is 5.41 Å². The van der Waals surface area contributed by atoms with Crippen LogP contribution in [0.5, 0.6) is 5.75 Å². The number of nitrogens with one attached hydrogen (secondary N) is 3. The van der Waals surface area contributed by atoms with Crippen LogP contribution in [-0.4, -0.2) is 42.4 Å². The van der Waals surface area contributed by atoms with Crippen LogP contribution in [0, 0.1) is 22.5 Å². The number of hydrogen-bond donors (Lipinski definition) is 4. The van der Waals surface area contributed by atoms with Crippen molar-refractivity contribution in [3.63, 3.8) is 0 Å². The van der Waals surface area contributed by atoms with Gasteiger partial charge in [0, 0.05) is 28.8 Å². The Morgan fingerprint density at radius 2 is 1.86 bits per heavy atom. The van der Waals surface area contributed by atoms with Gasteiger partial charge in [-0.2, -0.15) is 0 Å². The third-order valence-corrected chi connectivity index (χ3v) is 8.09. The summed E-state index contributed by atoms with van der Waals surface area (Å²) in [4.78, 5) is 25.5. The molecule has 4 atom stereocenters. The molecular weight excluding hydrogens is 587 g/mol. The molecule has 0 unspecified atom stereocenters. The van der Waals surface area contributed by atoms with Crippen molar-refractivity contribution < 1.29 is 28.2 Å². The molecule has 0 saturated carbocycles. The normalized spacial score (nSPS) is 22.0. The molecule has 1 aliphatic heterocycles. The molecule has 0 aliphatic carbocycles. The molecule has 1 aliphatic rings. The Morgan fingerprint density at radius 3 is 2.45 bits per heavy atom. The third kappa shape index (κ3) is 5.86. The largest absolute Gasteiger partial charge is 0.495 e. The van der Waals surface area contributed by atoms with Crippen LogP contribution in [0.15, 0.2) is 54.6 Å². The van der Waals surface area contributed by atoms with E-state index < -0.39 is 46.9 Å². The highest BCUT2D eigenvalue weighted by atomic mass is 35.5. The van der Waals surface area contributed by atoms with Crippen molar-refractivity contribution in [2.75, 3.05) is 12.4 Å². The summed E-state index contributed by atoms with van der Waals surface area (Å²) in [6.45, 7) is 5.91. The average Bonchev–Trinajstić information content (AvgIpc) is 3.23. The summed E-state index contributed by atoms with van der Waals surface area (Å²) < 4.78 is 36.9. The molecule has 4 rings (SSSR count). The maximum absolute atomic E-state index is 15.8. The van der Waals surface area contributed by atoms with Crippen molar-refractivity contribution >= 4 is 47.0 Å². The van der Waals surface area contributed by atoms with Crippen molar-refractivity contribution in [1.82, 2.24) is 5.32 Å². The van der Waals surface area contributed by atoms with Crippen molar-refractivity contribution in [2.45, 2.75) is 50.6 Å². The molecule has 42 heavy (non-hydrogen) atoms. The second kappa shape index (κ2) is 12.0. The van der Waals surface area contributed by atoms with Gasteiger partial charge in [0.25, 0.3) is 0 Å². The summed E-state index contributed by atoms with van der Waals surface area (Å²) in [6, 6.07) is 10.5. The van der Waals surface area contributed by atoms with Crippen LogP contribution in [0.4, 0.5) is 14.5 Å². The van der Waals surface area contributed by atoms with Crippen molar-refractivity contribution in [3.05, 3.63) is 93.0 Å². The number of amides is 1. The first-order valence-corrected chi connectivity index (χ1v) is 13.9.